The monoisotopic (exact) mass is 284 g/mol. The van der Waals surface area contributed by atoms with Gasteiger partial charge in [-0.1, -0.05) is 29.8 Å². The molecule has 1 aliphatic carbocycles. The zero-order valence-corrected chi connectivity index (χ0v) is 12.8. The third-order valence-corrected chi connectivity index (χ3v) is 4.72. The molecule has 1 nitrogen and oxygen atoms in total. The Morgan fingerprint density at radius 2 is 1.81 bits per heavy atom. The zero-order chi connectivity index (χ0) is 15.2. The fourth-order valence-electron chi connectivity index (χ4n) is 3.68. The van der Waals surface area contributed by atoms with Gasteiger partial charge >= 0.3 is 0 Å². The summed E-state index contributed by atoms with van der Waals surface area (Å²) in [6.07, 6.45) is 1.76. The predicted octanol–water partition coefficient (Wildman–Crippen LogP) is 4.13. The van der Waals surface area contributed by atoms with E-state index >= 15 is 0 Å². The Hall–Kier alpha value is -1.67. The fraction of sp³-hybridized carbons (Fsp3) is 0.368. The van der Waals surface area contributed by atoms with Gasteiger partial charge in [-0.15, -0.1) is 0 Å². The number of hydrogen-bond acceptors (Lipinski definition) is 1. The number of rotatable bonds is 2. The van der Waals surface area contributed by atoms with Gasteiger partial charge in [0.15, 0.2) is 0 Å². The van der Waals surface area contributed by atoms with Crippen LogP contribution in [0.5, 0.6) is 0 Å². The van der Waals surface area contributed by atoms with Gasteiger partial charge in [-0.3, -0.25) is 0 Å². The van der Waals surface area contributed by atoms with Crippen LogP contribution in [0.25, 0.3) is 0 Å². The second kappa shape index (κ2) is 4.96. The summed E-state index contributed by atoms with van der Waals surface area (Å²) in [5.41, 5.74) is 5.32. The summed E-state index contributed by atoms with van der Waals surface area (Å²) in [5.74, 6) is -0.194. The summed E-state index contributed by atoms with van der Waals surface area (Å²) in [6, 6.07) is 9.33. The smallest absolute Gasteiger partial charge is 0.126 e. The van der Waals surface area contributed by atoms with E-state index in [1.165, 1.54) is 28.3 Å². The van der Waals surface area contributed by atoms with Gasteiger partial charge in [0.1, 0.15) is 5.82 Å². The number of fused-ring (bicyclic) bond motifs is 1. The van der Waals surface area contributed by atoms with Gasteiger partial charge in [-0.25, -0.2) is 4.39 Å². The number of aliphatic hydroxyl groups is 1. The molecule has 1 aliphatic rings. The first kappa shape index (κ1) is 14.3. The maximum Gasteiger partial charge on any atom is 0.126 e. The Morgan fingerprint density at radius 3 is 2.48 bits per heavy atom. The van der Waals surface area contributed by atoms with E-state index in [2.05, 4.69) is 32.9 Å². The third-order valence-electron chi connectivity index (χ3n) is 4.72. The van der Waals surface area contributed by atoms with Gasteiger partial charge in [0, 0.05) is 6.42 Å². The first-order chi connectivity index (χ1) is 9.90. The highest BCUT2D eigenvalue weighted by Crippen LogP contribution is 2.41. The lowest BCUT2D eigenvalue weighted by Crippen LogP contribution is -2.26. The second-order valence-corrected chi connectivity index (χ2v) is 6.35. The number of hydrogen-bond donors (Lipinski definition) is 1. The van der Waals surface area contributed by atoms with Crippen molar-refractivity contribution >= 4 is 0 Å². The molecule has 1 N–H and O–H groups in total. The van der Waals surface area contributed by atoms with Crippen molar-refractivity contribution in [1.29, 1.82) is 0 Å². The highest BCUT2D eigenvalue weighted by molar-refractivity contribution is 5.43. The minimum absolute atomic E-state index is 0.194. The van der Waals surface area contributed by atoms with E-state index in [1.54, 1.807) is 6.07 Å². The van der Waals surface area contributed by atoms with Gasteiger partial charge in [-0.2, -0.15) is 0 Å². The van der Waals surface area contributed by atoms with E-state index < -0.39 is 5.60 Å². The molecule has 0 heterocycles. The van der Waals surface area contributed by atoms with Crippen LogP contribution in [-0.4, -0.2) is 5.11 Å². The van der Waals surface area contributed by atoms with Crippen LogP contribution in [-0.2, 0) is 18.4 Å². The van der Waals surface area contributed by atoms with Gasteiger partial charge in [-0.05, 0) is 67.5 Å². The molecule has 0 fully saturated rings. The van der Waals surface area contributed by atoms with E-state index in [-0.39, 0.29) is 5.82 Å². The first-order valence-corrected chi connectivity index (χ1v) is 7.48. The largest absolute Gasteiger partial charge is 0.385 e. The lowest BCUT2D eigenvalue weighted by Gasteiger charge is -2.26. The topological polar surface area (TPSA) is 20.2 Å². The van der Waals surface area contributed by atoms with E-state index in [0.717, 1.165) is 5.56 Å². The molecule has 1 unspecified atom stereocenters. The molecule has 0 amide bonds. The van der Waals surface area contributed by atoms with Crippen molar-refractivity contribution in [1.82, 2.24) is 0 Å². The van der Waals surface area contributed by atoms with Gasteiger partial charge in [0.05, 0.1) is 5.60 Å². The Kier molecular flexibility index (Phi) is 3.37. The molecule has 2 heteroatoms. The van der Waals surface area contributed by atoms with E-state index in [1.807, 2.05) is 6.07 Å². The summed E-state index contributed by atoms with van der Waals surface area (Å²) < 4.78 is 13.9. The molecule has 0 saturated carbocycles. The molecule has 0 bridgehead atoms. The quantitative estimate of drug-likeness (QED) is 0.879. The summed E-state index contributed by atoms with van der Waals surface area (Å²) >= 11 is 0. The summed E-state index contributed by atoms with van der Waals surface area (Å²) in [4.78, 5) is 0. The standard InChI is InChI=1S/C19H21FO/c1-12-9-13(2)16(14(3)10-12)11-19(21)8-7-15-17(19)5-4-6-18(15)20/h4-6,9-10,21H,7-8,11H2,1-3H3. The van der Waals surface area contributed by atoms with Crippen LogP contribution in [0.4, 0.5) is 4.39 Å². The SMILES string of the molecule is Cc1cc(C)c(CC2(O)CCc3c(F)cccc32)c(C)c1. The lowest BCUT2D eigenvalue weighted by molar-refractivity contribution is 0.0386. The second-order valence-electron chi connectivity index (χ2n) is 6.35. The summed E-state index contributed by atoms with van der Waals surface area (Å²) in [7, 11) is 0. The number of benzene rings is 2. The molecule has 0 saturated heterocycles. The summed E-state index contributed by atoms with van der Waals surface area (Å²) in [5, 5.41) is 11.1. The highest BCUT2D eigenvalue weighted by Gasteiger charge is 2.38. The minimum Gasteiger partial charge on any atom is -0.385 e. The van der Waals surface area contributed by atoms with E-state index in [0.29, 0.717) is 24.8 Å². The van der Waals surface area contributed by atoms with Gasteiger partial charge < -0.3 is 5.11 Å². The summed E-state index contributed by atoms with van der Waals surface area (Å²) in [6.45, 7) is 6.25. The third kappa shape index (κ3) is 2.38. The van der Waals surface area contributed by atoms with Crippen LogP contribution in [0.1, 0.15) is 39.8 Å². The predicted molar refractivity (Wildman–Crippen MR) is 83.0 cm³/mol. The normalized spacial score (nSPS) is 20.6. The van der Waals surface area contributed by atoms with Crippen molar-refractivity contribution < 1.29 is 9.50 Å². The molecule has 0 spiro atoms. The maximum absolute atomic E-state index is 13.9. The van der Waals surface area contributed by atoms with Crippen LogP contribution in [0.2, 0.25) is 0 Å². The van der Waals surface area contributed by atoms with Crippen LogP contribution in [0, 0.1) is 26.6 Å². The van der Waals surface area contributed by atoms with Crippen molar-refractivity contribution in [2.45, 2.75) is 45.6 Å². The van der Waals surface area contributed by atoms with E-state index in [4.69, 9.17) is 0 Å². The van der Waals surface area contributed by atoms with Gasteiger partial charge in [0.25, 0.3) is 0 Å². The van der Waals surface area contributed by atoms with Crippen molar-refractivity contribution in [2.75, 3.05) is 0 Å². The molecule has 0 aromatic heterocycles. The fourth-order valence-corrected chi connectivity index (χ4v) is 3.68. The first-order valence-electron chi connectivity index (χ1n) is 7.48. The van der Waals surface area contributed by atoms with Crippen molar-refractivity contribution in [2.24, 2.45) is 0 Å². The van der Waals surface area contributed by atoms with Crippen LogP contribution >= 0.6 is 0 Å². The Labute approximate surface area is 125 Å². The molecule has 3 rings (SSSR count). The highest BCUT2D eigenvalue weighted by atomic mass is 19.1. The lowest BCUT2D eigenvalue weighted by atomic mass is 9.85. The van der Waals surface area contributed by atoms with Crippen molar-refractivity contribution in [3.63, 3.8) is 0 Å². The number of halogens is 1. The molecule has 110 valence electrons. The van der Waals surface area contributed by atoms with Gasteiger partial charge in [0.2, 0.25) is 0 Å². The zero-order valence-electron chi connectivity index (χ0n) is 12.8. The minimum atomic E-state index is -0.942. The molecular weight excluding hydrogens is 263 g/mol. The van der Waals surface area contributed by atoms with E-state index in [9.17, 15) is 9.50 Å². The molecule has 2 aromatic rings. The molecule has 2 aromatic carbocycles. The molecule has 0 radical (unpaired) electrons. The van der Waals surface area contributed by atoms with Crippen LogP contribution in [0.3, 0.4) is 0 Å². The Bertz CT molecular complexity index is 682. The average molecular weight is 284 g/mol. The molecule has 0 aliphatic heterocycles. The molecule has 1 atom stereocenters. The maximum atomic E-state index is 13.9. The molecule has 21 heavy (non-hydrogen) atoms. The number of aryl methyl sites for hydroxylation is 3. The molecular formula is C19H21FO. The van der Waals surface area contributed by atoms with Crippen LogP contribution < -0.4 is 0 Å². The van der Waals surface area contributed by atoms with Crippen molar-refractivity contribution in [3.05, 3.63) is 69.5 Å². The van der Waals surface area contributed by atoms with Crippen LogP contribution in [0.15, 0.2) is 30.3 Å². The average Bonchev–Trinajstić information content (AvgIpc) is 2.74. The Morgan fingerprint density at radius 1 is 1.14 bits per heavy atom. The Balaban J connectivity index is 2.03. The van der Waals surface area contributed by atoms with Crippen molar-refractivity contribution in [3.8, 4) is 0 Å².